The molecule has 0 atom stereocenters. The van der Waals surface area contributed by atoms with E-state index in [9.17, 15) is 4.79 Å². The second-order valence-corrected chi connectivity index (χ2v) is 5.30. The maximum absolute atomic E-state index is 11.7. The lowest BCUT2D eigenvalue weighted by molar-refractivity contribution is -0.122. The minimum absolute atomic E-state index is 0.181. The van der Waals surface area contributed by atoms with E-state index < -0.39 is 0 Å². The molecule has 2 N–H and O–H groups in total. The van der Waals surface area contributed by atoms with Crippen LogP contribution >= 0.6 is 0 Å². The molecule has 1 aliphatic rings. The number of benzene rings is 1. The number of H-pyrrole nitrogens is 1. The summed E-state index contributed by atoms with van der Waals surface area (Å²) in [7, 11) is 0. The van der Waals surface area contributed by atoms with E-state index in [-0.39, 0.29) is 5.91 Å². The van der Waals surface area contributed by atoms with E-state index in [1.54, 1.807) is 0 Å². The molecule has 19 heavy (non-hydrogen) atoms. The third-order valence-corrected chi connectivity index (χ3v) is 3.82. The van der Waals surface area contributed by atoms with Crippen LogP contribution in [0, 0.1) is 5.92 Å². The summed E-state index contributed by atoms with van der Waals surface area (Å²) in [5.41, 5.74) is 2.04. The number of nitrogens with one attached hydrogen (secondary N) is 2. The second-order valence-electron chi connectivity index (χ2n) is 5.30. The Balaban J connectivity index is 1.47. The number of imidazole rings is 1. The summed E-state index contributed by atoms with van der Waals surface area (Å²) >= 11 is 0. The van der Waals surface area contributed by atoms with Gasteiger partial charge < -0.3 is 10.3 Å². The van der Waals surface area contributed by atoms with Gasteiger partial charge in [-0.1, -0.05) is 18.6 Å². The van der Waals surface area contributed by atoms with Crippen LogP contribution in [0.25, 0.3) is 11.0 Å². The Morgan fingerprint density at radius 3 is 2.95 bits per heavy atom. The van der Waals surface area contributed by atoms with Crippen molar-refractivity contribution in [2.45, 2.75) is 32.1 Å². The Morgan fingerprint density at radius 2 is 2.21 bits per heavy atom. The molecule has 0 saturated heterocycles. The molecular formula is C15H19N3O. The Hall–Kier alpha value is -1.84. The first kappa shape index (κ1) is 12.2. The zero-order valence-electron chi connectivity index (χ0n) is 11.0. The second kappa shape index (κ2) is 5.43. The number of aromatic nitrogens is 2. The highest BCUT2D eigenvalue weighted by atomic mass is 16.1. The minimum atomic E-state index is 0.181. The molecule has 4 nitrogen and oxygen atoms in total. The number of rotatable bonds is 5. The molecule has 3 rings (SSSR count). The maximum Gasteiger partial charge on any atom is 0.220 e. The topological polar surface area (TPSA) is 57.8 Å². The zero-order valence-corrected chi connectivity index (χ0v) is 11.0. The molecule has 1 aliphatic carbocycles. The minimum Gasteiger partial charge on any atom is -0.356 e. The number of nitrogens with zero attached hydrogens (tertiary/aromatic N) is 1. The van der Waals surface area contributed by atoms with Crippen LogP contribution in [0.4, 0.5) is 0 Å². The number of carbonyl (C=O) groups is 1. The Labute approximate surface area is 112 Å². The molecule has 0 bridgehead atoms. The van der Waals surface area contributed by atoms with Crippen LogP contribution in [0.2, 0.25) is 0 Å². The first-order valence-electron chi connectivity index (χ1n) is 7.01. The van der Waals surface area contributed by atoms with Gasteiger partial charge in [0.15, 0.2) is 0 Å². The van der Waals surface area contributed by atoms with Gasteiger partial charge in [0.25, 0.3) is 0 Å². The molecule has 1 aromatic heterocycles. The van der Waals surface area contributed by atoms with Crippen LogP contribution in [0.5, 0.6) is 0 Å². The molecular weight excluding hydrogens is 238 g/mol. The molecule has 1 heterocycles. The SMILES string of the molecule is O=C(CC1CCC1)NCCc1nc2ccccc2[nH]1. The quantitative estimate of drug-likeness (QED) is 0.864. The number of aromatic amines is 1. The third-order valence-electron chi connectivity index (χ3n) is 3.82. The van der Waals surface area contributed by atoms with E-state index in [0.29, 0.717) is 18.9 Å². The van der Waals surface area contributed by atoms with Crippen molar-refractivity contribution in [3.05, 3.63) is 30.1 Å². The zero-order chi connectivity index (χ0) is 13.1. The van der Waals surface area contributed by atoms with E-state index in [1.165, 1.54) is 19.3 Å². The molecule has 4 heteroatoms. The average Bonchev–Trinajstić information content (AvgIpc) is 2.76. The predicted octanol–water partition coefficient (Wildman–Crippen LogP) is 2.41. The maximum atomic E-state index is 11.7. The van der Waals surface area contributed by atoms with Crippen molar-refractivity contribution in [3.63, 3.8) is 0 Å². The molecule has 0 aliphatic heterocycles. The molecule has 1 aromatic carbocycles. The van der Waals surface area contributed by atoms with Gasteiger partial charge in [0.1, 0.15) is 5.82 Å². The fourth-order valence-electron chi connectivity index (χ4n) is 2.48. The third kappa shape index (κ3) is 2.95. The standard InChI is InChI=1S/C15H19N3O/c19-15(10-11-4-3-5-11)16-9-8-14-17-12-6-1-2-7-13(12)18-14/h1-2,6-7,11H,3-5,8-10H2,(H,16,19)(H,17,18). The Morgan fingerprint density at radius 1 is 1.37 bits per heavy atom. The van der Waals surface area contributed by atoms with E-state index in [1.807, 2.05) is 24.3 Å². The van der Waals surface area contributed by atoms with Crippen LogP contribution in [-0.4, -0.2) is 22.4 Å². The fraction of sp³-hybridized carbons (Fsp3) is 0.467. The normalized spacial score (nSPS) is 15.4. The van der Waals surface area contributed by atoms with Gasteiger partial charge >= 0.3 is 0 Å². The van der Waals surface area contributed by atoms with Crippen molar-refractivity contribution < 1.29 is 4.79 Å². The summed E-state index contributed by atoms with van der Waals surface area (Å²) in [4.78, 5) is 19.4. The highest BCUT2D eigenvalue weighted by Gasteiger charge is 2.20. The number of amides is 1. The van der Waals surface area contributed by atoms with Crippen LogP contribution in [-0.2, 0) is 11.2 Å². The van der Waals surface area contributed by atoms with E-state index in [0.717, 1.165) is 23.3 Å². The van der Waals surface area contributed by atoms with Gasteiger partial charge in [-0.05, 0) is 30.9 Å². The van der Waals surface area contributed by atoms with Crippen molar-refractivity contribution in [2.24, 2.45) is 5.92 Å². The fourth-order valence-corrected chi connectivity index (χ4v) is 2.48. The van der Waals surface area contributed by atoms with Crippen LogP contribution in [0.3, 0.4) is 0 Å². The van der Waals surface area contributed by atoms with Crippen molar-refractivity contribution in [3.8, 4) is 0 Å². The van der Waals surface area contributed by atoms with E-state index >= 15 is 0 Å². The van der Waals surface area contributed by atoms with Gasteiger partial charge in [-0.25, -0.2) is 4.98 Å². The summed E-state index contributed by atoms with van der Waals surface area (Å²) in [6.07, 6.45) is 5.18. The number of fused-ring (bicyclic) bond motifs is 1. The van der Waals surface area contributed by atoms with Crippen LogP contribution < -0.4 is 5.32 Å². The van der Waals surface area contributed by atoms with Crippen LogP contribution in [0.15, 0.2) is 24.3 Å². The summed E-state index contributed by atoms with van der Waals surface area (Å²) in [6, 6.07) is 7.98. The number of carbonyl (C=O) groups excluding carboxylic acids is 1. The highest BCUT2D eigenvalue weighted by Crippen LogP contribution is 2.28. The molecule has 0 unspecified atom stereocenters. The number of hydrogen-bond donors (Lipinski definition) is 2. The largest absolute Gasteiger partial charge is 0.356 e. The lowest BCUT2D eigenvalue weighted by Gasteiger charge is -2.24. The monoisotopic (exact) mass is 257 g/mol. The summed E-state index contributed by atoms with van der Waals surface area (Å²) in [5.74, 6) is 1.75. The van der Waals surface area contributed by atoms with Crippen LogP contribution in [0.1, 0.15) is 31.5 Å². The van der Waals surface area contributed by atoms with Gasteiger partial charge in [0.05, 0.1) is 11.0 Å². The average molecular weight is 257 g/mol. The first-order chi connectivity index (χ1) is 9.31. The molecule has 2 aromatic rings. The lowest BCUT2D eigenvalue weighted by Crippen LogP contribution is -2.29. The predicted molar refractivity (Wildman–Crippen MR) is 74.8 cm³/mol. The number of hydrogen-bond acceptors (Lipinski definition) is 2. The molecule has 1 amide bonds. The molecule has 1 fully saturated rings. The van der Waals surface area contributed by atoms with Gasteiger partial charge in [-0.15, -0.1) is 0 Å². The van der Waals surface area contributed by atoms with Crippen molar-refractivity contribution in [1.82, 2.24) is 15.3 Å². The van der Waals surface area contributed by atoms with Crippen molar-refractivity contribution in [2.75, 3.05) is 6.54 Å². The van der Waals surface area contributed by atoms with Gasteiger partial charge in [0, 0.05) is 19.4 Å². The smallest absolute Gasteiger partial charge is 0.220 e. The summed E-state index contributed by atoms with van der Waals surface area (Å²) < 4.78 is 0. The van der Waals surface area contributed by atoms with Crippen molar-refractivity contribution in [1.29, 1.82) is 0 Å². The van der Waals surface area contributed by atoms with Gasteiger partial charge in [-0.3, -0.25) is 4.79 Å². The summed E-state index contributed by atoms with van der Waals surface area (Å²) in [5, 5.41) is 2.98. The lowest BCUT2D eigenvalue weighted by atomic mass is 9.83. The van der Waals surface area contributed by atoms with Crippen molar-refractivity contribution >= 4 is 16.9 Å². The highest BCUT2D eigenvalue weighted by molar-refractivity contribution is 5.76. The molecule has 0 radical (unpaired) electrons. The molecule has 100 valence electrons. The molecule has 1 saturated carbocycles. The van der Waals surface area contributed by atoms with E-state index in [4.69, 9.17) is 0 Å². The van der Waals surface area contributed by atoms with Gasteiger partial charge in [-0.2, -0.15) is 0 Å². The first-order valence-corrected chi connectivity index (χ1v) is 7.01. The number of para-hydroxylation sites is 2. The van der Waals surface area contributed by atoms with E-state index in [2.05, 4.69) is 15.3 Å². The molecule has 0 spiro atoms. The van der Waals surface area contributed by atoms with Gasteiger partial charge in [0.2, 0.25) is 5.91 Å². The summed E-state index contributed by atoms with van der Waals surface area (Å²) in [6.45, 7) is 0.658. The Kier molecular flexibility index (Phi) is 3.49. The Bertz CT molecular complexity index is 539.